The van der Waals surface area contributed by atoms with E-state index >= 15 is 0 Å². The molecule has 0 saturated heterocycles. The van der Waals surface area contributed by atoms with E-state index in [0.29, 0.717) is 0 Å². The first-order chi connectivity index (χ1) is 10.0. The molecule has 6 heteroatoms. The Morgan fingerprint density at radius 3 is 2.62 bits per heavy atom. The second-order valence-corrected chi connectivity index (χ2v) is 7.12. The van der Waals surface area contributed by atoms with Crippen molar-refractivity contribution in [3.63, 3.8) is 0 Å². The molecule has 110 valence electrons. The number of aliphatic hydroxyl groups is 1. The average molecular weight is 321 g/mol. The maximum absolute atomic E-state index is 12.2. The van der Waals surface area contributed by atoms with Gasteiger partial charge in [0.15, 0.2) is 0 Å². The van der Waals surface area contributed by atoms with E-state index < -0.39 is 10.0 Å². The zero-order valence-corrected chi connectivity index (χ0v) is 13.1. The highest BCUT2D eigenvalue weighted by Gasteiger charge is 2.14. The van der Waals surface area contributed by atoms with Crippen LogP contribution in [0.4, 0.5) is 0 Å². The van der Waals surface area contributed by atoms with E-state index in [1.165, 1.54) is 11.3 Å². The normalized spacial score (nSPS) is 11.0. The second kappa shape index (κ2) is 6.87. The molecule has 0 saturated carbocycles. The minimum atomic E-state index is -3.53. The van der Waals surface area contributed by atoms with Gasteiger partial charge in [0.05, 0.1) is 4.90 Å². The Kier molecular flexibility index (Phi) is 5.15. The van der Waals surface area contributed by atoms with Gasteiger partial charge in [-0.25, -0.2) is 13.1 Å². The summed E-state index contributed by atoms with van der Waals surface area (Å²) in [5.74, 6) is 5.36. The maximum Gasteiger partial charge on any atom is 0.240 e. The van der Waals surface area contributed by atoms with Crippen LogP contribution in [0.5, 0.6) is 0 Å². The van der Waals surface area contributed by atoms with Crippen LogP contribution in [0.15, 0.2) is 40.6 Å². The number of hydrogen-bond donors (Lipinski definition) is 2. The van der Waals surface area contributed by atoms with Crippen LogP contribution >= 0.6 is 11.3 Å². The third-order valence-electron chi connectivity index (χ3n) is 2.80. The van der Waals surface area contributed by atoms with E-state index in [9.17, 15) is 8.42 Å². The number of nitrogens with one attached hydrogen (secondary N) is 1. The fourth-order valence-corrected chi connectivity index (χ4v) is 3.54. The summed E-state index contributed by atoms with van der Waals surface area (Å²) in [6, 6.07) is 8.50. The van der Waals surface area contributed by atoms with E-state index in [1.807, 2.05) is 18.4 Å². The standard InChI is InChI=1S/C15H15NO3S2/c1-12-4-6-14(7-5-12)21(18,19)16-11-15-13(3-2-9-17)8-10-20-15/h4-8,10,16-17H,9,11H2,1H3. The number of sulfonamides is 1. The molecule has 0 bridgehead atoms. The molecule has 1 aromatic carbocycles. The molecule has 0 spiro atoms. The van der Waals surface area contributed by atoms with Gasteiger partial charge in [0, 0.05) is 17.0 Å². The second-order valence-electron chi connectivity index (χ2n) is 4.35. The molecule has 21 heavy (non-hydrogen) atoms. The summed E-state index contributed by atoms with van der Waals surface area (Å²) >= 11 is 1.43. The lowest BCUT2D eigenvalue weighted by atomic mass is 10.2. The minimum absolute atomic E-state index is 0.184. The van der Waals surface area contributed by atoms with Crippen molar-refractivity contribution in [3.05, 3.63) is 51.7 Å². The molecule has 2 aromatic rings. The van der Waals surface area contributed by atoms with Gasteiger partial charge in [0.2, 0.25) is 10.0 Å². The van der Waals surface area contributed by atoms with Crippen LogP contribution in [0.1, 0.15) is 16.0 Å². The summed E-state index contributed by atoms with van der Waals surface area (Å²) in [6.45, 7) is 1.87. The van der Waals surface area contributed by atoms with Crippen molar-refractivity contribution in [1.29, 1.82) is 0 Å². The Hall–Kier alpha value is -1.65. The molecule has 1 heterocycles. The predicted molar refractivity (Wildman–Crippen MR) is 83.5 cm³/mol. The van der Waals surface area contributed by atoms with Gasteiger partial charge in [-0.1, -0.05) is 29.5 Å². The summed E-state index contributed by atoms with van der Waals surface area (Å²) in [6.07, 6.45) is 0. The van der Waals surface area contributed by atoms with Crippen molar-refractivity contribution in [2.45, 2.75) is 18.4 Å². The Bertz CT molecular complexity index is 765. The largest absolute Gasteiger partial charge is 0.384 e. The quantitative estimate of drug-likeness (QED) is 0.845. The zero-order chi connectivity index (χ0) is 15.3. The Morgan fingerprint density at radius 1 is 1.24 bits per heavy atom. The monoisotopic (exact) mass is 321 g/mol. The molecule has 2 N–H and O–H groups in total. The van der Waals surface area contributed by atoms with E-state index in [-0.39, 0.29) is 18.0 Å². The molecule has 2 rings (SSSR count). The van der Waals surface area contributed by atoms with Crippen LogP contribution in [0.3, 0.4) is 0 Å². The van der Waals surface area contributed by atoms with Gasteiger partial charge in [0.1, 0.15) is 6.61 Å². The molecule has 0 aliphatic carbocycles. The molecular weight excluding hydrogens is 306 g/mol. The van der Waals surface area contributed by atoms with Crippen molar-refractivity contribution in [1.82, 2.24) is 4.72 Å². The Balaban J connectivity index is 2.12. The first-order valence-corrected chi connectivity index (χ1v) is 8.61. The lowest BCUT2D eigenvalue weighted by Crippen LogP contribution is -2.23. The summed E-state index contributed by atoms with van der Waals surface area (Å²) in [5, 5.41) is 10.5. The molecular formula is C15H15NO3S2. The molecule has 0 unspecified atom stereocenters. The number of aliphatic hydroxyl groups excluding tert-OH is 1. The molecule has 0 amide bonds. The fourth-order valence-electron chi connectivity index (χ4n) is 1.68. The Morgan fingerprint density at radius 2 is 1.95 bits per heavy atom. The van der Waals surface area contributed by atoms with Gasteiger partial charge in [-0.15, -0.1) is 11.3 Å². The van der Waals surface area contributed by atoms with E-state index in [1.54, 1.807) is 24.3 Å². The number of rotatable bonds is 4. The molecule has 0 aliphatic rings. The van der Waals surface area contributed by atoms with Crippen LogP contribution in [0.25, 0.3) is 0 Å². The zero-order valence-electron chi connectivity index (χ0n) is 11.5. The highest BCUT2D eigenvalue weighted by atomic mass is 32.2. The van der Waals surface area contributed by atoms with E-state index in [4.69, 9.17) is 5.11 Å². The predicted octanol–water partition coefficient (Wildman–Crippen LogP) is 1.88. The van der Waals surface area contributed by atoms with Crippen molar-refractivity contribution >= 4 is 21.4 Å². The average Bonchev–Trinajstić information content (AvgIpc) is 2.91. The third-order valence-corrected chi connectivity index (χ3v) is 5.14. The number of aryl methyl sites for hydroxylation is 1. The highest BCUT2D eigenvalue weighted by Crippen LogP contribution is 2.17. The lowest BCUT2D eigenvalue weighted by molar-refractivity contribution is 0.350. The molecule has 0 radical (unpaired) electrons. The number of hydrogen-bond acceptors (Lipinski definition) is 4. The number of benzene rings is 1. The van der Waals surface area contributed by atoms with E-state index in [0.717, 1.165) is 16.0 Å². The molecule has 0 fully saturated rings. The first-order valence-electron chi connectivity index (χ1n) is 6.25. The third kappa shape index (κ3) is 4.16. The van der Waals surface area contributed by atoms with Crippen LogP contribution < -0.4 is 4.72 Å². The van der Waals surface area contributed by atoms with Gasteiger partial charge in [-0.05, 0) is 30.5 Å². The lowest BCUT2D eigenvalue weighted by Gasteiger charge is -2.06. The SMILES string of the molecule is Cc1ccc(S(=O)(=O)NCc2sccc2C#CCO)cc1. The first kappa shape index (κ1) is 15.7. The molecule has 0 aliphatic heterocycles. The van der Waals surface area contributed by atoms with Gasteiger partial charge in [-0.3, -0.25) is 0 Å². The minimum Gasteiger partial charge on any atom is -0.384 e. The van der Waals surface area contributed by atoms with Gasteiger partial charge >= 0.3 is 0 Å². The molecule has 0 atom stereocenters. The van der Waals surface area contributed by atoms with Crippen molar-refractivity contribution in [2.75, 3.05) is 6.61 Å². The molecule has 1 aromatic heterocycles. The highest BCUT2D eigenvalue weighted by molar-refractivity contribution is 7.89. The summed E-state index contributed by atoms with van der Waals surface area (Å²) in [5.41, 5.74) is 1.74. The van der Waals surface area contributed by atoms with Crippen LogP contribution in [-0.2, 0) is 16.6 Å². The summed E-state index contributed by atoms with van der Waals surface area (Å²) < 4.78 is 26.9. The Labute approximate surface area is 128 Å². The maximum atomic E-state index is 12.2. The topological polar surface area (TPSA) is 66.4 Å². The molecule has 4 nitrogen and oxygen atoms in total. The van der Waals surface area contributed by atoms with Crippen LogP contribution in [-0.4, -0.2) is 20.1 Å². The van der Waals surface area contributed by atoms with Gasteiger partial charge in [-0.2, -0.15) is 0 Å². The van der Waals surface area contributed by atoms with Crippen LogP contribution in [0.2, 0.25) is 0 Å². The fraction of sp³-hybridized carbons (Fsp3) is 0.200. The summed E-state index contributed by atoms with van der Waals surface area (Å²) in [7, 11) is -3.53. The van der Waals surface area contributed by atoms with Crippen molar-refractivity contribution in [3.8, 4) is 11.8 Å². The van der Waals surface area contributed by atoms with E-state index in [2.05, 4.69) is 16.6 Å². The van der Waals surface area contributed by atoms with Crippen molar-refractivity contribution in [2.24, 2.45) is 0 Å². The summed E-state index contributed by atoms with van der Waals surface area (Å²) in [4.78, 5) is 1.07. The van der Waals surface area contributed by atoms with Crippen molar-refractivity contribution < 1.29 is 13.5 Å². The van der Waals surface area contributed by atoms with Gasteiger partial charge in [0.25, 0.3) is 0 Å². The van der Waals surface area contributed by atoms with Gasteiger partial charge < -0.3 is 5.11 Å². The number of thiophene rings is 1. The van der Waals surface area contributed by atoms with Crippen LogP contribution in [0, 0.1) is 18.8 Å². The smallest absolute Gasteiger partial charge is 0.240 e.